The zero-order valence-corrected chi connectivity index (χ0v) is 13.3. The molecule has 3 aromatic rings. The zero-order chi connectivity index (χ0) is 17.3. The van der Waals surface area contributed by atoms with Gasteiger partial charge in [0.2, 0.25) is 5.78 Å². The number of carbonyl (C=O) groups is 2. The highest BCUT2D eigenvalue weighted by atomic mass is 32.1. The lowest BCUT2D eigenvalue weighted by Gasteiger charge is -2.00. The van der Waals surface area contributed by atoms with Gasteiger partial charge in [0.15, 0.2) is 5.78 Å². The minimum Gasteiger partial charge on any atom is -0.293 e. The number of nitro groups is 1. The molecule has 0 radical (unpaired) electrons. The van der Waals surface area contributed by atoms with Crippen LogP contribution in [0.3, 0.4) is 0 Å². The molecule has 120 valence electrons. The maximum absolute atomic E-state index is 12.5. The van der Waals surface area contributed by atoms with Gasteiger partial charge in [-0.25, -0.2) is 4.68 Å². The van der Waals surface area contributed by atoms with Gasteiger partial charge in [-0.15, -0.1) is 11.3 Å². The van der Waals surface area contributed by atoms with E-state index in [4.69, 9.17) is 0 Å². The molecule has 24 heavy (non-hydrogen) atoms. The number of thiophene rings is 1. The van der Waals surface area contributed by atoms with Crippen LogP contribution in [0.15, 0.2) is 48.0 Å². The minimum absolute atomic E-state index is 0.0485. The quantitative estimate of drug-likeness (QED) is 0.403. The Morgan fingerprint density at radius 1 is 1.21 bits per heavy atom. The summed E-state index contributed by atoms with van der Waals surface area (Å²) in [6, 6.07) is 9.13. The molecule has 0 N–H and O–H groups in total. The van der Waals surface area contributed by atoms with Crippen LogP contribution in [0.25, 0.3) is 5.69 Å². The summed E-state index contributed by atoms with van der Waals surface area (Å²) in [6.07, 6.45) is 1.47. The monoisotopic (exact) mass is 341 g/mol. The van der Waals surface area contributed by atoms with E-state index in [9.17, 15) is 19.7 Å². The highest BCUT2D eigenvalue weighted by Crippen LogP contribution is 2.21. The summed E-state index contributed by atoms with van der Waals surface area (Å²) < 4.78 is 1.38. The van der Waals surface area contributed by atoms with Crippen LogP contribution in [0, 0.1) is 10.1 Å². The van der Waals surface area contributed by atoms with Crippen molar-refractivity contribution in [1.82, 2.24) is 9.78 Å². The van der Waals surface area contributed by atoms with Crippen molar-refractivity contribution in [2.24, 2.45) is 0 Å². The highest BCUT2D eigenvalue weighted by Gasteiger charge is 2.22. The molecule has 2 aromatic heterocycles. The highest BCUT2D eigenvalue weighted by molar-refractivity contribution is 7.12. The molecule has 0 bridgehead atoms. The van der Waals surface area contributed by atoms with E-state index in [0.29, 0.717) is 10.6 Å². The summed E-state index contributed by atoms with van der Waals surface area (Å²) in [6.45, 7) is 1.34. The van der Waals surface area contributed by atoms with Crippen molar-refractivity contribution >= 4 is 28.6 Å². The third-order valence-electron chi connectivity index (χ3n) is 3.36. The Morgan fingerprint density at radius 3 is 2.46 bits per heavy atom. The van der Waals surface area contributed by atoms with E-state index in [1.807, 2.05) is 0 Å². The number of aromatic nitrogens is 2. The van der Waals surface area contributed by atoms with Gasteiger partial charge in [-0.05, 0) is 23.6 Å². The number of Topliss-reactive ketones (excluding diaryl/α,β-unsaturated/α-hetero) is 1. The molecular formula is C16H11N3O4S. The summed E-state index contributed by atoms with van der Waals surface area (Å²) >= 11 is 1.28. The first-order valence-corrected chi connectivity index (χ1v) is 7.79. The number of non-ortho nitro benzene ring substituents is 1. The number of rotatable bonds is 5. The molecule has 0 saturated heterocycles. The normalized spacial score (nSPS) is 10.5. The summed E-state index contributed by atoms with van der Waals surface area (Å²) in [5, 5.41) is 16.7. The van der Waals surface area contributed by atoms with E-state index in [1.54, 1.807) is 17.5 Å². The van der Waals surface area contributed by atoms with Crippen LogP contribution in [0.4, 0.5) is 5.69 Å². The molecule has 2 heterocycles. The van der Waals surface area contributed by atoms with Gasteiger partial charge in [-0.3, -0.25) is 19.7 Å². The summed E-state index contributed by atoms with van der Waals surface area (Å²) in [4.78, 5) is 35.1. The molecule has 0 fully saturated rings. The van der Waals surface area contributed by atoms with Crippen molar-refractivity contribution in [3.8, 4) is 5.69 Å². The van der Waals surface area contributed by atoms with Crippen molar-refractivity contribution in [3.63, 3.8) is 0 Å². The van der Waals surface area contributed by atoms with E-state index >= 15 is 0 Å². The third kappa shape index (κ3) is 2.86. The molecule has 0 atom stereocenters. The Balaban J connectivity index is 2.04. The molecule has 1 aromatic carbocycles. The molecule has 0 unspecified atom stereocenters. The summed E-state index contributed by atoms with van der Waals surface area (Å²) in [5.41, 5.74) is 0.760. The van der Waals surface area contributed by atoms with Crippen molar-refractivity contribution in [3.05, 3.63) is 74.2 Å². The van der Waals surface area contributed by atoms with Crippen LogP contribution in [0.2, 0.25) is 0 Å². The SMILES string of the molecule is CC(=O)c1nn(-c2ccc([N+](=O)[O-])cc2)cc1C(=O)c1cccs1. The number of carbonyl (C=O) groups excluding carboxylic acids is 2. The second-order valence-electron chi connectivity index (χ2n) is 4.97. The predicted octanol–water partition coefficient (Wildman–Crippen LogP) is 3.28. The fourth-order valence-corrected chi connectivity index (χ4v) is 2.88. The minimum atomic E-state index is -0.500. The average molecular weight is 341 g/mol. The first-order valence-electron chi connectivity index (χ1n) is 6.91. The molecule has 0 spiro atoms. The standard InChI is InChI=1S/C16H11N3O4S/c1-10(20)15-13(16(21)14-3-2-8-24-14)9-18(17-15)11-4-6-12(7-5-11)19(22)23/h2-9H,1H3. The van der Waals surface area contributed by atoms with Gasteiger partial charge in [0.1, 0.15) is 5.69 Å². The van der Waals surface area contributed by atoms with Crippen molar-refractivity contribution in [2.45, 2.75) is 6.92 Å². The number of hydrogen-bond acceptors (Lipinski definition) is 6. The van der Waals surface area contributed by atoms with Crippen LogP contribution in [-0.2, 0) is 0 Å². The molecule has 0 amide bonds. The van der Waals surface area contributed by atoms with Crippen LogP contribution >= 0.6 is 11.3 Å². The lowest BCUT2D eigenvalue weighted by atomic mass is 10.1. The summed E-state index contributed by atoms with van der Waals surface area (Å²) in [5.74, 6) is -0.598. The van der Waals surface area contributed by atoms with Gasteiger partial charge < -0.3 is 0 Å². The van der Waals surface area contributed by atoms with Crippen molar-refractivity contribution < 1.29 is 14.5 Å². The van der Waals surface area contributed by atoms with Crippen LogP contribution < -0.4 is 0 Å². The van der Waals surface area contributed by atoms with Gasteiger partial charge in [-0.1, -0.05) is 6.07 Å². The first kappa shape index (κ1) is 15.8. The van der Waals surface area contributed by atoms with Crippen molar-refractivity contribution in [2.75, 3.05) is 0 Å². The molecule has 8 heteroatoms. The van der Waals surface area contributed by atoms with E-state index < -0.39 is 4.92 Å². The number of nitrogens with zero attached hydrogens (tertiary/aromatic N) is 3. The van der Waals surface area contributed by atoms with Crippen LogP contribution in [0.1, 0.15) is 32.6 Å². The van der Waals surface area contributed by atoms with E-state index in [0.717, 1.165) is 0 Å². The number of nitro benzene ring substituents is 1. The molecular weight excluding hydrogens is 330 g/mol. The van der Waals surface area contributed by atoms with Gasteiger partial charge in [-0.2, -0.15) is 5.10 Å². The maximum Gasteiger partial charge on any atom is 0.269 e. The summed E-state index contributed by atoms with van der Waals surface area (Å²) in [7, 11) is 0. The second-order valence-corrected chi connectivity index (χ2v) is 5.92. The largest absolute Gasteiger partial charge is 0.293 e. The fraction of sp³-hybridized carbons (Fsp3) is 0.0625. The Kier molecular flexibility index (Phi) is 4.05. The lowest BCUT2D eigenvalue weighted by molar-refractivity contribution is -0.384. The second kappa shape index (κ2) is 6.17. The Hall–Kier alpha value is -3.13. The van der Waals surface area contributed by atoms with Gasteiger partial charge in [0.25, 0.3) is 5.69 Å². The predicted molar refractivity (Wildman–Crippen MR) is 88.0 cm³/mol. The van der Waals surface area contributed by atoms with Gasteiger partial charge in [0.05, 0.1) is 21.1 Å². The fourth-order valence-electron chi connectivity index (χ4n) is 2.20. The number of hydrogen-bond donors (Lipinski definition) is 0. The van der Waals surface area contributed by atoms with E-state index in [-0.39, 0.29) is 28.5 Å². The van der Waals surface area contributed by atoms with Gasteiger partial charge >= 0.3 is 0 Å². The first-order chi connectivity index (χ1) is 11.5. The third-order valence-corrected chi connectivity index (χ3v) is 4.23. The van der Waals surface area contributed by atoms with E-state index in [2.05, 4.69) is 5.10 Å². The number of benzene rings is 1. The van der Waals surface area contributed by atoms with Crippen LogP contribution in [0.5, 0.6) is 0 Å². The Morgan fingerprint density at radius 2 is 1.92 bits per heavy atom. The maximum atomic E-state index is 12.5. The topological polar surface area (TPSA) is 95.1 Å². The molecule has 0 aliphatic carbocycles. The smallest absolute Gasteiger partial charge is 0.269 e. The lowest BCUT2D eigenvalue weighted by Crippen LogP contribution is -2.05. The molecule has 3 rings (SSSR count). The van der Waals surface area contributed by atoms with Gasteiger partial charge in [0, 0.05) is 25.3 Å². The average Bonchev–Trinajstić information content (AvgIpc) is 3.24. The molecule has 0 aliphatic heterocycles. The molecule has 7 nitrogen and oxygen atoms in total. The Labute approximate surface area is 140 Å². The molecule has 0 saturated carbocycles. The molecule has 0 aliphatic rings. The van der Waals surface area contributed by atoms with E-state index in [1.165, 1.54) is 53.4 Å². The van der Waals surface area contributed by atoms with Crippen LogP contribution in [-0.4, -0.2) is 26.3 Å². The zero-order valence-electron chi connectivity index (χ0n) is 12.5. The van der Waals surface area contributed by atoms with Crippen molar-refractivity contribution in [1.29, 1.82) is 0 Å². The Bertz CT molecular complexity index is 927. The number of ketones is 2.